The van der Waals surface area contributed by atoms with Crippen LogP contribution in [-0.4, -0.2) is 97.0 Å². The molecule has 6 fully saturated rings. The molecule has 0 saturated carbocycles. The molecule has 0 unspecified atom stereocenters. The van der Waals surface area contributed by atoms with Crippen molar-refractivity contribution in [1.82, 2.24) is 19.6 Å². The summed E-state index contributed by atoms with van der Waals surface area (Å²) in [6.07, 6.45) is 18.2. The van der Waals surface area contributed by atoms with E-state index in [1.807, 2.05) is 46.2 Å². The van der Waals surface area contributed by atoms with E-state index in [-0.39, 0.29) is 48.7 Å². The van der Waals surface area contributed by atoms with Gasteiger partial charge in [-0.15, -0.1) is 12.8 Å². The minimum Gasteiger partial charge on any atom is -0.481 e. The third-order valence-electron chi connectivity index (χ3n) is 14.8. The second-order valence-corrected chi connectivity index (χ2v) is 18.5. The van der Waals surface area contributed by atoms with Crippen molar-refractivity contribution in [3.63, 3.8) is 0 Å². The normalized spacial score (nSPS) is 26.3. The number of carbonyl (C=O) groups excluding carboxylic acids is 2. The maximum Gasteiger partial charge on any atom is 0.223 e. The minimum atomic E-state index is -0.270. The van der Waals surface area contributed by atoms with Crippen LogP contribution in [0.25, 0.3) is 0 Å². The highest BCUT2D eigenvalue weighted by atomic mass is 19.1. The number of ether oxygens (including phenoxy) is 2. The summed E-state index contributed by atoms with van der Waals surface area (Å²) in [6, 6.07) is 24.6. The average Bonchev–Trinajstić information content (AvgIpc) is 3.33. The van der Waals surface area contributed by atoms with Gasteiger partial charge in [0.2, 0.25) is 11.8 Å². The second-order valence-electron chi connectivity index (χ2n) is 18.5. The lowest BCUT2D eigenvalue weighted by atomic mass is 9.77. The smallest absolute Gasteiger partial charge is 0.223 e. The quantitative estimate of drug-likeness (QED) is 0.150. The van der Waals surface area contributed by atoms with E-state index < -0.39 is 0 Å². The molecule has 6 saturated heterocycles. The van der Waals surface area contributed by atoms with Crippen molar-refractivity contribution < 1.29 is 27.8 Å². The Morgan fingerprint density at radius 3 is 1.30 bits per heavy atom. The first-order valence-corrected chi connectivity index (χ1v) is 23.2. The van der Waals surface area contributed by atoms with Gasteiger partial charge in [-0.3, -0.25) is 9.59 Å². The largest absolute Gasteiger partial charge is 0.481 e. The molecule has 4 bridgehead atoms. The van der Waals surface area contributed by atoms with Gasteiger partial charge < -0.3 is 29.1 Å². The van der Waals surface area contributed by atoms with E-state index in [2.05, 4.69) is 21.6 Å². The number of carbonyl (C=O) groups is 2. The van der Waals surface area contributed by atoms with E-state index in [1.165, 1.54) is 76.1 Å². The molecule has 4 atom stereocenters. The van der Waals surface area contributed by atoms with Crippen LogP contribution < -0.4 is 9.47 Å². The molecule has 8 nitrogen and oxygen atoms in total. The molecule has 10 heteroatoms. The van der Waals surface area contributed by atoms with E-state index in [1.54, 1.807) is 24.3 Å². The highest BCUT2D eigenvalue weighted by Crippen LogP contribution is 2.42. The van der Waals surface area contributed by atoms with Crippen LogP contribution in [0.1, 0.15) is 84.0 Å². The molecule has 8 aliphatic heterocycles. The Bertz CT molecular complexity index is 2210. The van der Waals surface area contributed by atoms with Gasteiger partial charge in [0.1, 0.15) is 36.3 Å². The molecular formula is C54H58F2N4O4. The van der Waals surface area contributed by atoms with Crippen molar-refractivity contribution in [2.24, 2.45) is 23.7 Å². The standard InChI is InChI=1S/2C27H29FN2O2/c2*1-2-15-32-24-7-8-25-21(16-24)11-14-30(27(25)20-3-5-23(28)6-4-20)26(31)17-22-18-29-12-9-19(22)10-13-29/h2*1,3-8,16,19,22,27H,9-15,17-18H2/t22-,27+;22-,27-/m11/s1. The van der Waals surface area contributed by atoms with E-state index in [4.69, 9.17) is 22.3 Å². The Morgan fingerprint density at radius 1 is 0.562 bits per heavy atom. The molecule has 12 rings (SSSR count). The molecule has 0 aromatic heterocycles. The number of benzene rings is 4. The zero-order chi connectivity index (χ0) is 44.2. The number of nitrogens with zero attached hydrogens (tertiary/aromatic N) is 4. The second kappa shape index (κ2) is 19.6. The number of hydrogen-bond donors (Lipinski definition) is 0. The Morgan fingerprint density at radius 2 is 0.953 bits per heavy atom. The molecule has 0 N–H and O–H groups in total. The van der Waals surface area contributed by atoms with Gasteiger partial charge in [0.25, 0.3) is 0 Å². The lowest BCUT2D eigenvalue weighted by Crippen LogP contribution is -2.49. The van der Waals surface area contributed by atoms with Crippen LogP contribution >= 0.6 is 0 Å². The number of hydrogen-bond acceptors (Lipinski definition) is 6. The first-order chi connectivity index (χ1) is 31.2. The van der Waals surface area contributed by atoms with E-state index >= 15 is 0 Å². The van der Waals surface area contributed by atoms with Gasteiger partial charge in [0.15, 0.2) is 0 Å². The number of amides is 2. The molecular weight excluding hydrogens is 807 g/mol. The number of piperidine rings is 6. The number of rotatable bonds is 10. The predicted octanol–water partition coefficient (Wildman–Crippen LogP) is 8.09. The van der Waals surface area contributed by atoms with Crippen LogP contribution in [0, 0.1) is 60.0 Å². The molecule has 0 aliphatic carbocycles. The van der Waals surface area contributed by atoms with Crippen LogP contribution in [0.4, 0.5) is 8.78 Å². The number of terminal acetylenes is 2. The Labute approximate surface area is 376 Å². The molecule has 0 spiro atoms. The summed E-state index contributed by atoms with van der Waals surface area (Å²) in [4.78, 5) is 36.2. The molecule has 332 valence electrons. The summed E-state index contributed by atoms with van der Waals surface area (Å²) in [5.41, 5.74) is 6.34. The fourth-order valence-corrected chi connectivity index (χ4v) is 11.5. The summed E-state index contributed by atoms with van der Waals surface area (Å²) in [5, 5.41) is 0. The number of fused-ring (bicyclic) bond motifs is 8. The molecule has 64 heavy (non-hydrogen) atoms. The van der Waals surface area contributed by atoms with Crippen LogP contribution in [0.2, 0.25) is 0 Å². The van der Waals surface area contributed by atoms with Crippen LogP contribution in [0.3, 0.4) is 0 Å². The molecule has 2 amide bonds. The first kappa shape index (κ1) is 43.6. The van der Waals surface area contributed by atoms with Gasteiger partial charge in [-0.2, -0.15) is 0 Å². The highest BCUT2D eigenvalue weighted by Gasteiger charge is 2.40. The molecule has 8 heterocycles. The molecule has 8 aliphatic rings. The van der Waals surface area contributed by atoms with Gasteiger partial charge in [-0.25, -0.2) is 8.78 Å². The summed E-state index contributed by atoms with van der Waals surface area (Å²) in [7, 11) is 0. The van der Waals surface area contributed by atoms with Crippen LogP contribution in [-0.2, 0) is 22.4 Å². The van der Waals surface area contributed by atoms with Gasteiger partial charge in [-0.05, 0) is 170 Å². The van der Waals surface area contributed by atoms with Crippen molar-refractivity contribution in [2.45, 2.75) is 63.5 Å². The van der Waals surface area contributed by atoms with Crippen molar-refractivity contribution in [3.8, 4) is 36.2 Å². The molecule has 4 aromatic carbocycles. The third kappa shape index (κ3) is 9.55. The van der Waals surface area contributed by atoms with Gasteiger partial charge in [0.05, 0.1) is 12.1 Å². The zero-order valence-electron chi connectivity index (χ0n) is 36.6. The Balaban J connectivity index is 0.000000162. The fraction of sp³-hybridized carbons (Fsp3) is 0.444. The molecule has 0 radical (unpaired) electrons. The molecule has 4 aromatic rings. The lowest BCUT2D eigenvalue weighted by molar-refractivity contribution is -0.136. The van der Waals surface area contributed by atoms with Crippen LogP contribution in [0.5, 0.6) is 11.5 Å². The fourth-order valence-electron chi connectivity index (χ4n) is 11.5. The van der Waals surface area contributed by atoms with Gasteiger partial charge >= 0.3 is 0 Å². The maximum atomic E-state index is 13.7. The monoisotopic (exact) mass is 864 g/mol. The third-order valence-corrected chi connectivity index (χ3v) is 14.8. The SMILES string of the molecule is C#CCOc1ccc2c(c1)CCN(C(=O)C[C@@H]1CN3CCC1CC3)[C@@H]2c1ccc(F)cc1.C#CCOc1ccc2c(c1)CCN(C(=O)C[C@@H]1CN3CCC1CC3)[C@H]2c1ccc(F)cc1. The van der Waals surface area contributed by atoms with Gasteiger partial charge in [0, 0.05) is 39.0 Å². The van der Waals surface area contributed by atoms with Crippen molar-refractivity contribution in [3.05, 3.63) is 130 Å². The Kier molecular flexibility index (Phi) is 13.3. The van der Waals surface area contributed by atoms with Crippen molar-refractivity contribution >= 4 is 11.8 Å². The minimum absolute atomic E-state index is 0.205. The van der Waals surface area contributed by atoms with Gasteiger partial charge in [-0.1, -0.05) is 48.2 Å². The van der Waals surface area contributed by atoms with E-state index in [0.717, 1.165) is 70.8 Å². The summed E-state index contributed by atoms with van der Waals surface area (Å²) in [6.45, 7) is 8.53. The highest BCUT2D eigenvalue weighted by molar-refractivity contribution is 5.79. The van der Waals surface area contributed by atoms with E-state index in [0.29, 0.717) is 49.6 Å². The van der Waals surface area contributed by atoms with Crippen molar-refractivity contribution in [1.29, 1.82) is 0 Å². The first-order valence-electron chi connectivity index (χ1n) is 23.2. The maximum absolute atomic E-state index is 13.7. The van der Waals surface area contributed by atoms with Crippen LogP contribution in [0.15, 0.2) is 84.9 Å². The summed E-state index contributed by atoms with van der Waals surface area (Å²) >= 11 is 0. The zero-order valence-corrected chi connectivity index (χ0v) is 36.6. The van der Waals surface area contributed by atoms with E-state index in [9.17, 15) is 18.4 Å². The lowest BCUT2D eigenvalue weighted by Gasteiger charge is -2.46. The summed E-state index contributed by atoms with van der Waals surface area (Å²) in [5.74, 6) is 8.57. The number of halogens is 2. The topological polar surface area (TPSA) is 65.6 Å². The Hall–Kier alpha value is -5.68. The average molecular weight is 865 g/mol. The van der Waals surface area contributed by atoms with Crippen molar-refractivity contribution in [2.75, 3.05) is 65.6 Å². The summed E-state index contributed by atoms with van der Waals surface area (Å²) < 4.78 is 38.5. The predicted molar refractivity (Wildman–Crippen MR) is 243 cm³/mol.